The van der Waals surface area contributed by atoms with Gasteiger partial charge in [0.25, 0.3) is 0 Å². The van der Waals surface area contributed by atoms with E-state index < -0.39 is 0 Å². The van der Waals surface area contributed by atoms with Crippen molar-refractivity contribution in [3.05, 3.63) is 30.1 Å². The lowest BCUT2D eigenvalue weighted by Crippen LogP contribution is -2.28. The van der Waals surface area contributed by atoms with Gasteiger partial charge in [-0.15, -0.1) is 0 Å². The summed E-state index contributed by atoms with van der Waals surface area (Å²) in [7, 11) is 2.07. The minimum Gasteiger partial charge on any atom is -0.317 e. The Morgan fingerprint density at radius 1 is 1.24 bits per heavy atom. The zero-order chi connectivity index (χ0) is 12.5. The third-order valence-electron chi connectivity index (χ3n) is 3.66. The van der Waals surface area contributed by atoms with Crippen LogP contribution in [0.1, 0.15) is 45.2 Å². The fourth-order valence-electron chi connectivity index (χ4n) is 2.27. The van der Waals surface area contributed by atoms with Gasteiger partial charge in [-0.2, -0.15) is 0 Å². The van der Waals surface area contributed by atoms with Crippen molar-refractivity contribution >= 4 is 0 Å². The van der Waals surface area contributed by atoms with Crippen molar-refractivity contribution < 1.29 is 0 Å². The summed E-state index contributed by atoms with van der Waals surface area (Å²) in [6.45, 7) is 4.58. The van der Waals surface area contributed by atoms with Crippen molar-refractivity contribution in [1.29, 1.82) is 0 Å². The van der Waals surface area contributed by atoms with Crippen molar-refractivity contribution in [3.63, 3.8) is 0 Å². The molecule has 1 aromatic rings. The van der Waals surface area contributed by atoms with Gasteiger partial charge in [0.1, 0.15) is 0 Å². The number of hydrogen-bond acceptors (Lipinski definition) is 2. The molecule has 0 bridgehead atoms. The molecule has 1 N–H and O–H groups in total. The van der Waals surface area contributed by atoms with E-state index >= 15 is 0 Å². The SMILES string of the molecule is CCC(CC)CC(CCc1ccccn1)NC. The molecule has 0 aliphatic carbocycles. The molecule has 0 saturated carbocycles. The summed E-state index contributed by atoms with van der Waals surface area (Å²) >= 11 is 0. The highest BCUT2D eigenvalue weighted by atomic mass is 14.9. The van der Waals surface area contributed by atoms with Crippen LogP contribution < -0.4 is 5.32 Å². The van der Waals surface area contributed by atoms with Gasteiger partial charge in [-0.05, 0) is 44.4 Å². The summed E-state index contributed by atoms with van der Waals surface area (Å²) in [4.78, 5) is 4.38. The second-order valence-corrected chi connectivity index (χ2v) is 4.76. The molecule has 0 aromatic carbocycles. The lowest BCUT2D eigenvalue weighted by atomic mass is 9.92. The molecule has 1 heterocycles. The zero-order valence-electron chi connectivity index (χ0n) is 11.4. The summed E-state index contributed by atoms with van der Waals surface area (Å²) < 4.78 is 0. The molecule has 0 aliphatic heterocycles. The first-order valence-corrected chi connectivity index (χ1v) is 6.87. The van der Waals surface area contributed by atoms with Gasteiger partial charge < -0.3 is 5.32 Å². The van der Waals surface area contributed by atoms with Crippen LogP contribution in [0.25, 0.3) is 0 Å². The van der Waals surface area contributed by atoms with Crippen LogP contribution in [-0.2, 0) is 6.42 Å². The van der Waals surface area contributed by atoms with Gasteiger partial charge in [0.05, 0.1) is 0 Å². The summed E-state index contributed by atoms with van der Waals surface area (Å²) in [5.41, 5.74) is 1.21. The zero-order valence-corrected chi connectivity index (χ0v) is 11.4. The summed E-state index contributed by atoms with van der Waals surface area (Å²) in [6.07, 6.45) is 8.01. The monoisotopic (exact) mass is 234 g/mol. The number of hydrogen-bond donors (Lipinski definition) is 1. The molecule has 2 nitrogen and oxygen atoms in total. The Labute approximate surface area is 106 Å². The standard InChI is InChI=1S/C15H26N2/c1-4-13(5-2)12-15(16-3)10-9-14-8-6-7-11-17-14/h6-8,11,13,15-16H,4-5,9-10,12H2,1-3H3. The quantitative estimate of drug-likeness (QED) is 0.745. The van der Waals surface area contributed by atoms with Crippen LogP contribution in [0, 0.1) is 5.92 Å². The minimum absolute atomic E-state index is 0.627. The molecule has 0 aliphatic rings. The van der Waals surface area contributed by atoms with Gasteiger partial charge in [-0.3, -0.25) is 4.98 Å². The van der Waals surface area contributed by atoms with E-state index in [2.05, 4.69) is 43.3 Å². The summed E-state index contributed by atoms with van der Waals surface area (Å²) in [5, 5.41) is 3.44. The Balaban J connectivity index is 2.37. The van der Waals surface area contributed by atoms with Gasteiger partial charge in [0.2, 0.25) is 0 Å². The van der Waals surface area contributed by atoms with E-state index in [-0.39, 0.29) is 0 Å². The Kier molecular flexibility index (Phi) is 6.87. The molecular formula is C15H26N2. The molecule has 1 aromatic heterocycles. The fourth-order valence-corrected chi connectivity index (χ4v) is 2.27. The first-order chi connectivity index (χ1) is 8.30. The number of aromatic nitrogens is 1. The highest BCUT2D eigenvalue weighted by molar-refractivity contribution is 5.03. The average molecular weight is 234 g/mol. The highest BCUT2D eigenvalue weighted by Crippen LogP contribution is 2.17. The maximum atomic E-state index is 4.38. The van der Waals surface area contributed by atoms with Gasteiger partial charge in [-0.1, -0.05) is 32.8 Å². The lowest BCUT2D eigenvalue weighted by molar-refractivity contribution is 0.365. The molecule has 1 unspecified atom stereocenters. The number of aryl methyl sites for hydroxylation is 1. The van der Waals surface area contributed by atoms with E-state index in [0.29, 0.717) is 6.04 Å². The molecule has 0 amide bonds. The number of rotatable bonds is 8. The van der Waals surface area contributed by atoms with Gasteiger partial charge >= 0.3 is 0 Å². The number of nitrogens with zero attached hydrogens (tertiary/aromatic N) is 1. The van der Waals surface area contributed by atoms with E-state index in [1.165, 1.54) is 31.4 Å². The number of pyridine rings is 1. The molecule has 0 saturated heterocycles. The van der Waals surface area contributed by atoms with Crippen LogP contribution >= 0.6 is 0 Å². The van der Waals surface area contributed by atoms with Crippen molar-refractivity contribution in [2.45, 2.75) is 52.0 Å². The minimum atomic E-state index is 0.627. The maximum Gasteiger partial charge on any atom is 0.0404 e. The molecule has 17 heavy (non-hydrogen) atoms. The molecule has 0 fully saturated rings. The molecule has 96 valence electrons. The van der Waals surface area contributed by atoms with E-state index in [4.69, 9.17) is 0 Å². The van der Waals surface area contributed by atoms with Crippen molar-refractivity contribution in [3.8, 4) is 0 Å². The lowest BCUT2D eigenvalue weighted by Gasteiger charge is -2.21. The first-order valence-electron chi connectivity index (χ1n) is 6.87. The second kappa shape index (κ2) is 8.24. The van der Waals surface area contributed by atoms with Gasteiger partial charge in [0, 0.05) is 17.9 Å². The van der Waals surface area contributed by atoms with Crippen LogP contribution in [0.5, 0.6) is 0 Å². The second-order valence-electron chi connectivity index (χ2n) is 4.76. The molecule has 1 atom stereocenters. The van der Waals surface area contributed by atoms with Crippen LogP contribution in [0.2, 0.25) is 0 Å². The molecule has 0 radical (unpaired) electrons. The number of nitrogens with one attached hydrogen (secondary N) is 1. The van der Waals surface area contributed by atoms with Gasteiger partial charge in [0.15, 0.2) is 0 Å². The van der Waals surface area contributed by atoms with Crippen LogP contribution in [-0.4, -0.2) is 18.1 Å². The van der Waals surface area contributed by atoms with Gasteiger partial charge in [-0.25, -0.2) is 0 Å². The highest BCUT2D eigenvalue weighted by Gasteiger charge is 2.12. The Morgan fingerprint density at radius 3 is 2.53 bits per heavy atom. The third kappa shape index (κ3) is 5.31. The van der Waals surface area contributed by atoms with E-state index in [1.807, 2.05) is 12.3 Å². The maximum absolute atomic E-state index is 4.38. The van der Waals surface area contributed by atoms with Crippen molar-refractivity contribution in [2.75, 3.05) is 7.05 Å². The normalized spacial score (nSPS) is 12.9. The average Bonchev–Trinajstić information content (AvgIpc) is 2.40. The Hall–Kier alpha value is -0.890. The Morgan fingerprint density at radius 2 is 2.00 bits per heavy atom. The molecule has 0 spiro atoms. The fraction of sp³-hybridized carbons (Fsp3) is 0.667. The van der Waals surface area contributed by atoms with E-state index in [9.17, 15) is 0 Å². The van der Waals surface area contributed by atoms with Crippen molar-refractivity contribution in [2.24, 2.45) is 5.92 Å². The third-order valence-corrected chi connectivity index (χ3v) is 3.66. The smallest absolute Gasteiger partial charge is 0.0404 e. The molecule has 2 heteroatoms. The summed E-state index contributed by atoms with van der Waals surface area (Å²) in [6, 6.07) is 6.78. The predicted octanol–water partition coefficient (Wildman–Crippen LogP) is 3.43. The van der Waals surface area contributed by atoms with E-state index in [0.717, 1.165) is 12.3 Å². The largest absolute Gasteiger partial charge is 0.317 e. The Bertz CT molecular complexity index is 280. The predicted molar refractivity (Wildman–Crippen MR) is 74.1 cm³/mol. The first kappa shape index (κ1) is 14.2. The molecular weight excluding hydrogens is 208 g/mol. The van der Waals surface area contributed by atoms with Crippen LogP contribution in [0.3, 0.4) is 0 Å². The summed E-state index contributed by atoms with van der Waals surface area (Å²) in [5.74, 6) is 0.858. The topological polar surface area (TPSA) is 24.9 Å². The molecule has 1 rings (SSSR count). The van der Waals surface area contributed by atoms with Crippen LogP contribution in [0.15, 0.2) is 24.4 Å². The van der Waals surface area contributed by atoms with Crippen LogP contribution in [0.4, 0.5) is 0 Å². The van der Waals surface area contributed by atoms with E-state index in [1.54, 1.807) is 0 Å². The van der Waals surface area contributed by atoms with Crippen molar-refractivity contribution in [1.82, 2.24) is 10.3 Å².